The lowest BCUT2D eigenvalue weighted by molar-refractivity contribution is -0.0918. The second-order valence-corrected chi connectivity index (χ2v) is 7.50. The van der Waals surface area contributed by atoms with Gasteiger partial charge >= 0.3 is 6.18 Å². The summed E-state index contributed by atoms with van der Waals surface area (Å²) in [5, 5.41) is 10.4. The highest BCUT2D eigenvalue weighted by Crippen LogP contribution is 2.42. The van der Waals surface area contributed by atoms with Gasteiger partial charge in [-0.25, -0.2) is 4.68 Å². The third-order valence-corrected chi connectivity index (χ3v) is 5.38. The van der Waals surface area contributed by atoms with E-state index < -0.39 is 29.3 Å². The molecule has 1 aliphatic heterocycles. The molecule has 3 aromatic heterocycles. The van der Waals surface area contributed by atoms with Crippen LogP contribution in [0.1, 0.15) is 33.1 Å². The molecule has 0 fully saturated rings. The van der Waals surface area contributed by atoms with Crippen LogP contribution in [0, 0.1) is 6.92 Å². The molecule has 0 aromatic carbocycles. The van der Waals surface area contributed by atoms with Crippen molar-refractivity contribution in [1.82, 2.24) is 24.5 Å². The molecule has 0 spiro atoms. The number of fused-ring (bicyclic) bond motifs is 1. The van der Waals surface area contributed by atoms with Gasteiger partial charge in [0.1, 0.15) is 18.1 Å². The lowest BCUT2D eigenvalue weighted by Gasteiger charge is -2.29. The minimum atomic E-state index is -4.77. The second kappa shape index (κ2) is 6.59. The molecule has 4 heterocycles. The smallest absolute Gasteiger partial charge is 0.320 e. The predicted molar refractivity (Wildman–Crippen MR) is 96.2 cm³/mol. The predicted octanol–water partition coefficient (Wildman–Crippen LogP) is 3.58. The number of Topliss-reactive ketones (excluding diaryl/α,β-unsaturated/α-hetero) is 1. The highest BCUT2D eigenvalue weighted by molar-refractivity contribution is 7.14. The monoisotopic (exact) mass is 408 g/mol. The number of hydrogen-bond donors (Lipinski definition) is 1. The number of ketones is 1. The van der Waals surface area contributed by atoms with E-state index in [1.807, 2.05) is 6.92 Å². The first-order chi connectivity index (χ1) is 13.3. The van der Waals surface area contributed by atoms with Crippen molar-refractivity contribution in [2.75, 3.05) is 5.32 Å². The first kappa shape index (κ1) is 18.4. The van der Waals surface area contributed by atoms with Crippen molar-refractivity contribution in [2.45, 2.75) is 32.6 Å². The average molecular weight is 408 g/mol. The molecule has 1 aliphatic rings. The van der Waals surface area contributed by atoms with Crippen LogP contribution in [0.2, 0.25) is 0 Å². The maximum atomic E-state index is 13.9. The summed E-state index contributed by atoms with van der Waals surface area (Å²) in [6.07, 6.45) is -0.557. The van der Waals surface area contributed by atoms with E-state index in [1.165, 1.54) is 16.9 Å². The molecule has 0 unspecified atom stereocenters. The minimum Gasteiger partial charge on any atom is -0.320 e. The summed E-state index contributed by atoms with van der Waals surface area (Å²) in [7, 11) is 0. The lowest BCUT2D eigenvalue weighted by atomic mass is 9.93. The van der Waals surface area contributed by atoms with Gasteiger partial charge < -0.3 is 5.32 Å². The van der Waals surface area contributed by atoms with Gasteiger partial charge in [0.2, 0.25) is 11.7 Å². The summed E-state index contributed by atoms with van der Waals surface area (Å²) in [6, 6.07) is 2.14. The molecular weight excluding hydrogens is 393 g/mol. The Morgan fingerprint density at radius 1 is 1.32 bits per heavy atom. The van der Waals surface area contributed by atoms with Crippen LogP contribution in [0.5, 0.6) is 0 Å². The fraction of sp³-hybridized carbons (Fsp3) is 0.294. The molecule has 1 N–H and O–H groups in total. The molecule has 0 bridgehead atoms. The Hall–Kier alpha value is -2.95. The number of nitrogens with zero attached hydrogens (tertiary/aromatic N) is 5. The summed E-state index contributed by atoms with van der Waals surface area (Å²) in [4.78, 5) is 18.1. The minimum absolute atomic E-state index is 0.0829. The molecule has 0 aliphatic carbocycles. The Bertz CT molecular complexity index is 1080. The number of carbonyl (C=O) groups excluding carboxylic acids is 1. The molecule has 0 radical (unpaired) electrons. The first-order valence-corrected chi connectivity index (χ1v) is 9.22. The number of rotatable bonds is 4. The van der Waals surface area contributed by atoms with Gasteiger partial charge in [-0.05, 0) is 26.0 Å². The van der Waals surface area contributed by atoms with Crippen LogP contribution in [-0.2, 0) is 6.54 Å². The Balaban J connectivity index is 1.95. The zero-order chi connectivity index (χ0) is 20.1. The van der Waals surface area contributed by atoms with E-state index in [0.717, 1.165) is 22.5 Å². The SMILES string of the molecule is CCn1cc([C@H]2C(C(=O)c3ccc(C)s3)=C(C(F)(F)F)Nc3ncnn32)cn1. The fourth-order valence-corrected chi connectivity index (χ4v) is 3.94. The van der Waals surface area contributed by atoms with Gasteiger partial charge in [0, 0.05) is 23.2 Å². The van der Waals surface area contributed by atoms with Crippen LogP contribution in [0.4, 0.5) is 19.1 Å². The van der Waals surface area contributed by atoms with Crippen molar-refractivity contribution in [3.63, 3.8) is 0 Å². The van der Waals surface area contributed by atoms with E-state index in [0.29, 0.717) is 12.1 Å². The van der Waals surface area contributed by atoms with E-state index in [9.17, 15) is 18.0 Å². The zero-order valence-corrected chi connectivity index (χ0v) is 15.7. The molecule has 28 heavy (non-hydrogen) atoms. The topological polar surface area (TPSA) is 77.6 Å². The van der Waals surface area contributed by atoms with Crippen molar-refractivity contribution in [2.24, 2.45) is 0 Å². The Morgan fingerprint density at radius 3 is 2.71 bits per heavy atom. The maximum absolute atomic E-state index is 13.9. The highest BCUT2D eigenvalue weighted by Gasteiger charge is 2.46. The fourth-order valence-electron chi connectivity index (χ4n) is 3.12. The Morgan fingerprint density at radius 2 is 2.11 bits per heavy atom. The normalized spacial score (nSPS) is 16.8. The molecule has 1 atom stereocenters. The van der Waals surface area contributed by atoms with Crippen LogP contribution in [0.15, 0.2) is 42.1 Å². The number of allylic oxidation sites excluding steroid dienone is 2. The van der Waals surface area contributed by atoms with Gasteiger partial charge in [-0.15, -0.1) is 11.3 Å². The molecule has 7 nitrogen and oxygen atoms in total. The number of aryl methyl sites for hydroxylation is 2. The van der Waals surface area contributed by atoms with Crippen LogP contribution >= 0.6 is 11.3 Å². The van der Waals surface area contributed by atoms with Gasteiger partial charge in [0.15, 0.2) is 0 Å². The van der Waals surface area contributed by atoms with Crippen molar-refractivity contribution < 1.29 is 18.0 Å². The van der Waals surface area contributed by atoms with Gasteiger partial charge in [0.25, 0.3) is 0 Å². The molecule has 146 valence electrons. The molecule has 0 saturated heterocycles. The zero-order valence-electron chi connectivity index (χ0n) is 14.9. The first-order valence-electron chi connectivity index (χ1n) is 8.41. The highest BCUT2D eigenvalue weighted by atomic mass is 32.1. The van der Waals surface area contributed by atoms with Crippen LogP contribution in [-0.4, -0.2) is 36.5 Å². The number of alkyl halides is 3. The third kappa shape index (κ3) is 3.01. The van der Waals surface area contributed by atoms with E-state index in [1.54, 1.807) is 23.9 Å². The van der Waals surface area contributed by atoms with Crippen molar-refractivity contribution in [1.29, 1.82) is 0 Å². The molecular formula is C17H15F3N6OS. The van der Waals surface area contributed by atoms with Crippen LogP contribution in [0.3, 0.4) is 0 Å². The second-order valence-electron chi connectivity index (χ2n) is 6.21. The van der Waals surface area contributed by atoms with Crippen LogP contribution < -0.4 is 5.32 Å². The number of halogens is 3. The number of carbonyl (C=O) groups is 1. The van der Waals surface area contributed by atoms with Crippen molar-refractivity contribution >= 4 is 23.1 Å². The standard InChI is InChI=1S/C17H15F3N6OS/c1-3-25-7-10(6-22-25)13-12(14(27)11-5-4-9(2)28-11)15(17(18,19)20)24-16-21-8-23-26(13)16/h4-8,13H,3H2,1-2H3,(H,21,23,24)/t13-/m0/s1. The summed E-state index contributed by atoms with van der Waals surface area (Å²) >= 11 is 1.15. The van der Waals surface area contributed by atoms with Crippen molar-refractivity contribution in [3.8, 4) is 0 Å². The van der Waals surface area contributed by atoms with E-state index >= 15 is 0 Å². The molecule has 11 heteroatoms. The lowest BCUT2D eigenvalue weighted by Crippen LogP contribution is -2.34. The van der Waals surface area contributed by atoms with E-state index in [-0.39, 0.29) is 10.8 Å². The number of anilines is 1. The van der Waals surface area contributed by atoms with E-state index in [4.69, 9.17) is 0 Å². The van der Waals surface area contributed by atoms with Crippen molar-refractivity contribution in [3.05, 3.63) is 57.4 Å². The van der Waals surface area contributed by atoms with Gasteiger partial charge in [-0.1, -0.05) is 0 Å². The molecule has 0 amide bonds. The van der Waals surface area contributed by atoms with E-state index in [2.05, 4.69) is 20.5 Å². The van der Waals surface area contributed by atoms with Crippen LogP contribution in [0.25, 0.3) is 0 Å². The number of hydrogen-bond acceptors (Lipinski definition) is 6. The summed E-state index contributed by atoms with van der Waals surface area (Å²) in [5.41, 5.74) is -1.13. The summed E-state index contributed by atoms with van der Waals surface area (Å²) in [5.74, 6) is -0.784. The maximum Gasteiger partial charge on any atom is 0.431 e. The van der Waals surface area contributed by atoms with Gasteiger partial charge in [0.05, 0.1) is 16.6 Å². The molecule has 0 saturated carbocycles. The number of nitrogens with one attached hydrogen (secondary N) is 1. The average Bonchev–Trinajstić information content (AvgIpc) is 3.38. The summed E-state index contributed by atoms with van der Waals surface area (Å²) in [6.45, 7) is 4.19. The third-order valence-electron chi connectivity index (χ3n) is 4.38. The number of thiophene rings is 1. The van der Waals surface area contributed by atoms with Gasteiger partial charge in [-0.2, -0.15) is 28.4 Å². The summed E-state index contributed by atoms with van der Waals surface area (Å²) < 4.78 is 44.5. The molecule has 4 rings (SSSR count). The Labute approximate surface area is 161 Å². The number of aromatic nitrogens is 5. The van der Waals surface area contributed by atoms with Gasteiger partial charge in [-0.3, -0.25) is 9.48 Å². The Kier molecular flexibility index (Phi) is 4.33. The quantitative estimate of drug-likeness (QED) is 0.668. The largest absolute Gasteiger partial charge is 0.431 e. The molecule has 3 aromatic rings.